The van der Waals surface area contributed by atoms with Crippen LogP contribution in [0.15, 0.2) is 21.2 Å². The third kappa shape index (κ3) is 13.7. The zero-order valence-electron chi connectivity index (χ0n) is 32.4. The average molecular weight is 948 g/mol. The van der Waals surface area contributed by atoms with Crippen LogP contribution in [0.5, 0.6) is 11.5 Å². The molecule has 0 spiro atoms. The molecular formula is C39H53Br2N3O14. The van der Waals surface area contributed by atoms with E-state index in [1.807, 2.05) is 0 Å². The Morgan fingerprint density at radius 3 is 2.09 bits per heavy atom. The maximum atomic E-state index is 12.0. The van der Waals surface area contributed by atoms with Gasteiger partial charge < -0.3 is 73.3 Å². The molecule has 2 aromatic rings. The number of aromatic amines is 1. The number of aldehydes is 1. The summed E-state index contributed by atoms with van der Waals surface area (Å²) in [4.78, 5) is 38.4. The molecule has 1 saturated heterocycles. The Bertz CT molecular complexity index is 1670. The van der Waals surface area contributed by atoms with Crippen LogP contribution in [-0.4, -0.2) is 144 Å². The van der Waals surface area contributed by atoms with Crippen LogP contribution in [0.1, 0.15) is 32.6 Å². The van der Waals surface area contributed by atoms with Gasteiger partial charge in [0.1, 0.15) is 43.2 Å². The molecule has 5 N–H and O–H groups in total. The largest absolute Gasteiger partial charge is 0.489 e. The first-order chi connectivity index (χ1) is 28.2. The van der Waals surface area contributed by atoms with Crippen LogP contribution in [0, 0.1) is 35.5 Å². The maximum absolute atomic E-state index is 12.0. The summed E-state index contributed by atoms with van der Waals surface area (Å²) in [6.07, 6.45) is 0.463. The number of halogens is 2. The number of rotatable bonds is 24. The summed E-state index contributed by atoms with van der Waals surface area (Å²) >= 11 is 7.10. The Balaban J connectivity index is 0.818. The van der Waals surface area contributed by atoms with E-state index in [0.717, 1.165) is 25.7 Å². The second kappa shape index (κ2) is 24.2. The number of aliphatic hydroxyl groups is 2. The van der Waals surface area contributed by atoms with E-state index in [2.05, 4.69) is 59.3 Å². The molecule has 17 nitrogen and oxygen atoms in total. The highest BCUT2D eigenvalue weighted by molar-refractivity contribution is 9.11. The fourth-order valence-electron chi connectivity index (χ4n) is 6.85. The fraction of sp³-hybridized carbons (Fsp3) is 0.667. The van der Waals surface area contributed by atoms with Gasteiger partial charge in [0.05, 0.1) is 85.4 Å². The zero-order valence-corrected chi connectivity index (χ0v) is 35.6. The molecule has 2 fully saturated rings. The molecule has 2 aliphatic carbocycles. The molecule has 1 saturated carbocycles. The number of alkyl carbamates (subject to hydrolysis) is 2. The quantitative estimate of drug-likeness (QED) is 0.0577. The van der Waals surface area contributed by atoms with Crippen molar-refractivity contribution in [2.45, 2.75) is 57.2 Å². The van der Waals surface area contributed by atoms with Crippen LogP contribution in [0.3, 0.4) is 0 Å². The normalized spacial score (nSPS) is 25.0. The van der Waals surface area contributed by atoms with Crippen LogP contribution < -0.4 is 20.1 Å². The number of H-pyrrole nitrogens is 1. The minimum atomic E-state index is -1.36. The second-order valence-corrected chi connectivity index (χ2v) is 15.6. The summed E-state index contributed by atoms with van der Waals surface area (Å²) in [6, 6.07) is 1.80. The number of carbonyl (C=O) groups excluding carboxylic acids is 3. The van der Waals surface area contributed by atoms with Gasteiger partial charge in [-0.2, -0.15) is 0 Å². The van der Waals surface area contributed by atoms with Crippen LogP contribution in [0.25, 0.3) is 10.9 Å². The number of benzene rings is 1. The van der Waals surface area contributed by atoms with Gasteiger partial charge in [-0.1, -0.05) is 6.92 Å². The maximum Gasteiger partial charge on any atom is 0.407 e. The molecule has 3 aliphatic rings. The van der Waals surface area contributed by atoms with E-state index < -0.39 is 42.7 Å². The fourth-order valence-corrected chi connectivity index (χ4v) is 8.39. The molecule has 2 amide bonds. The lowest BCUT2D eigenvalue weighted by molar-refractivity contribution is -0.246. The predicted octanol–water partition coefficient (Wildman–Crippen LogP) is 3.69. The van der Waals surface area contributed by atoms with Gasteiger partial charge in [0.15, 0.2) is 0 Å². The van der Waals surface area contributed by atoms with Crippen molar-refractivity contribution >= 4 is 61.2 Å². The molecule has 1 unspecified atom stereocenters. The third-order valence-corrected chi connectivity index (χ3v) is 11.4. The lowest BCUT2D eigenvalue weighted by Gasteiger charge is -2.39. The van der Waals surface area contributed by atoms with Gasteiger partial charge in [-0.05, 0) is 68.5 Å². The van der Waals surface area contributed by atoms with E-state index in [9.17, 15) is 24.6 Å². The summed E-state index contributed by atoms with van der Waals surface area (Å²) in [7, 11) is 0. The highest BCUT2D eigenvalue weighted by Crippen LogP contribution is 2.52. The van der Waals surface area contributed by atoms with Gasteiger partial charge in [-0.15, -0.1) is 11.8 Å². The predicted molar refractivity (Wildman–Crippen MR) is 214 cm³/mol. The summed E-state index contributed by atoms with van der Waals surface area (Å²) in [5, 5.41) is 26.8. The molecule has 322 valence electrons. The molecule has 8 atom stereocenters. The highest BCUT2D eigenvalue weighted by Gasteiger charge is 2.49. The van der Waals surface area contributed by atoms with Crippen molar-refractivity contribution in [3.8, 4) is 23.3 Å². The van der Waals surface area contributed by atoms with E-state index in [-0.39, 0.29) is 46.2 Å². The van der Waals surface area contributed by atoms with Crippen LogP contribution >= 0.6 is 31.9 Å². The first-order valence-corrected chi connectivity index (χ1v) is 21.1. The Kier molecular flexibility index (Phi) is 19.1. The van der Waals surface area contributed by atoms with Gasteiger partial charge in [0.25, 0.3) is 0 Å². The van der Waals surface area contributed by atoms with Gasteiger partial charge in [0.2, 0.25) is 6.29 Å². The van der Waals surface area contributed by atoms with Gasteiger partial charge >= 0.3 is 12.2 Å². The molecular weight excluding hydrogens is 894 g/mol. The molecule has 0 radical (unpaired) electrons. The Hall–Kier alpha value is -3.19. The topological polar surface area (TPSA) is 215 Å². The first-order valence-electron chi connectivity index (χ1n) is 19.5. The summed E-state index contributed by atoms with van der Waals surface area (Å²) in [6.45, 7) is 5.33. The van der Waals surface area contributed by atoms with Crippen molar-refractivity contribution in [3.05, 3.63) is 21.2 Å². The lowest BCUT2D eigenvalue weighted by Crippen LogP contribution is -2.55. The smallest absolute Gasteiger partial charge is 0.407 e. The van der Waals surface area contributed by atoms with Gasteiger partial charge in [-0.3, -0.25) is 0 Å². The Morgan fingerprint density at radius 1 is 0.862 bits per heavy atom. The van der Waals surface area contributed by atoms with Gasteiger partial charge in [-0.25, -0.2) is 9.59 Å². The van der Waals surface area contributed by atoms with Crippen molar-refractivity contribution in [3.63, 3.8) is 0 Å². The van der Waals surface area contributed by atoms with Crippen LogP contribution in [0.4, 0.5) is 9.59 Å². The molecule has 58 heavy (non-hydrogen) atoms. The van der Waals surface area contributed by atoms with Crippen LogP contribution in [0.2, 0.25) is 0 Å². The molecule has 2 heterocycles. The highest BCUT2D eigenvalue weighted by atomic mass is 79.9. The number of aliphatic hydroxyl groups excluding tert-OH is 2. The number of carbonyl (C=O) groups is 3. The number of ether oxygens (including phenoxy) is 9. The number of aromatic nitrogens is 1. The average Bonchev–Trinajstić information content (AvgIpc) is 3.68. The number of nitrogens with one attached hydrogen (secondary N) is 3. The molecule has 5 rings (SSSR count). The SMILES string of the molecule is C[C@H]1[C@H](O)[C@@H](O)[C@H](Oc2c[nH]c3cc(Br)c(OCCOCCOCCOC(=O)NCCOCCOCCNC(=O)OCC4[C@H]5CCC#CCC[C@@H]45)c(Br)c23)O[C@@H]1C=O. The van der Waals surface area contributed by atoms with E-state index in [1.54, 1.807) is 19.2 Å². The monoisotopic (exact) mass is 945 g/mol. The van der Waals surface area contributed by atoms with Crippen molar-refractivity contribution in [1.82, 2.24) is 15.6 Å². The molecule has 1 aliphatic heterocycles. The summed E-state index contributed by atoms with van der Waals surface area (Å²) in [5.41, 5.74) is 0.693. The first kappa shape index (κ1) is 45.9. The van der Waals surface area contributed by atoms with E-state index in [4.69, 9.17) is 42.6 Å². The second-order valence-electron chi connectivity index (χ2n) is 13.9. The Morgan fingerprint density at radius 2 is 1.45 bits per heavy atom. The van der Waals surface area contributed by atoms with Crippen molar-refractivity contribution in [2.24, 2.45) is 23.7 Å². The molecule has 1 aromatic heterocycles. The number of hydrogen-bond donors (Lipinski definition) is 5. The van der Waals surface area contributed by atoms with E-state index in [1.165, 1.54) is 0 Å². The number of amides is 2. The van der Waals surface area contributed by atoms with Crippen molar-refractivity contribution in [2.75, 3.05) is 85.8 Å². The van der Waals surface area contributed by atoms with Crippen molar-refractivity contribution < 1.29 is 67.2 Å². The van der Waals surface area contributed by atoms with Gasteiger partial charge in [0, 0.05) is 38.0 Å². The molecule has 1 aromatic carbocycles. The number of hydrogen-bond acceptors (Lipinski definition) is 14. The Labute approximate surface area is 354 Å². The third-order valence-electron chi connectivity index (χ3n) is 10.1. The minimum Gasteiger partial charge on any atom is -0.489 e. The number of fused-ring (bicyclic) bond motifs is 2. The lowest BCUT2D eigenvalue weighted by atomic mass is 9.91. The van der Waals surface area contributed by atoms with Crippen LogP contribution in [-0.2, 0) is 38.0 Å². The van der Waals surface area contributed by atoms with E-state index in [0.29, 0.717) is 95.0 Å². The van der Waals surface area contributed by atoms with Crippen molar-refractivity contribution in [1.29, 1.82) is 0 Å². The summed E-state index contributed by atoms with van der Waals surface area (Å²) < 4.78 is 51.1. The zero-order chi connectivity index (χ0) is 41.3. The molecule has 0 bridgehead atoms. The molecule has 19 heteroatoms. The van der Waals surface area contributed by atoms with E-state index >= 15 is 0 Å². The standard InChI is InChI=1S/C39H53Br2N3O14/c1-24-31(22-45)58-37(35(47)34(24)46)57-30-21-44-29-20-28(40)36(33(41)32(29)30)54-18-16-52-14-15-53-17-19-55-38(48)42-8-10-50-12-13-51-11-9-43-39(49)56-23-27-25-6-4-2-3-5-7-26(25)27/h20-22,24-27,31,34-35,37,44,46-47H,4-19,23H2,1H3,(H,42,48)(H,43,49)/t24-,25-,26+,27?,31-,34+,35-,37-/m1/s1. The minimum absolute atomic E-state index is 0.0703. The summed E-state index contributed by atoms with van der Waals surface area (Å²) in [5.74, 6) is 8.33.